The van der Waals surface area contributed by atoms with E-state index in [2.05, 4.69) is 12.2 Å². The van der Waals surface area contributed by atoms with Gasteiger partial charge in [0.05, 0.1) is 0 Å². The molecule has 0 aromatic heterocycles. The maximum Gasteiger partial charge on any atom is 0.303 e. The average Bonchev–Trinajstić information content (AvgIpc) is 2.44. The van der Waals surface area contributed by atoms with Crippen molar-refractivity contribution in [1.29, 1.82) is 0 Å². The number of hydrogen-bond donors (Lipinski definition) is 2. The van der Waals surface area contributed by atoms with E-state index in [0.29, 0.717) is 12.8 Å². The van der Waals surface area contributed by atoms with E-state index >= 15 is 0 Å². The Kier molecular flexibility index (Phi) is 14.6. The lowest BCUT2D eigenvalue weighted by atomic mass is 10.1. The molecule has 0 radical (unpaired) electrons. The minimum atomic E-state index is -0.836. The Hall–Kier alpha value is -1.06. The molecule has 0 aromatic carbocycles. The third-order valence-electron chi connectivity index (χ3n) is 3.65. The molecule has 4 nitrogen and oxygen atoms in total. The molecule has 0 saturated heterocycles. The molecule has 0 aliphatic carbocycles. The van der Waals surface area contributed by atoms with Crippen LogP contribution in [-0.2, 0) is 9.59 Å². The highest BCUT2D eigenvalue weighted by atomic mass is 16.4. The molecule has 0 spiro atoms. The van der Waals surface area contributed by atoms with E-state index in [-0.39, 0.29) is 12.3 Å². The van der Waals surface area contributed by atoms with Gasteiger partial charge in [-0.3, -0.25) is 9.59 Å². The molecule has 0 fully saturated rings. The number of unbranched alkanes of at least 4 members (excludes halogenated alkanes) is 9. The second-order valence-corrected chi connectivity index (χ2v) is 5.78. The second-order valence-electron chi connectivity index (χ2n) is 5.78. The van der Waals surface area contributed by atoms with Crippen LogP contribution in [0.3, 0.4) is 0 Å². The summed E-state index contributed by atoms with van der Waals surface area (Å²) in [5.41, 5.74) is 0. The number of nitrogens with one attached hydrogen (secondary N) is 1. The Balaban J connectivity index is 3.14. The largest absolute Gasteiger partial charge is 0.481 e. The normalized spacial score (nSPS) is 10.5. The topological polar surface area (TPSA) is 66.4 Å². The van der Waals surface area contributed by atoms with Crippen molar-refractivity contribution in [3.05, 3.63) is 0 Å². The van der Waals surface area contributed by atoms with Crippen molar-refractivity contribution in [3.63, 3.8) is 0 Å². The van der Waals surface area contributed by atoms with Crippen molar-refractivity contribution < 1.29 is 14.7 Å². The summed E-state index contributed by atoms with van der Waals surface area (Å²) in [4.78, 5) is 21.7. The summed E-state index contributed by atoms with van der Waals surface area (Å²) >= 11 is 0. The molecule has 0 aliphatic rings. The van der Waals surface area contributed by atoms with Crippen LogP contribution in [0.5, 0.6) is 0 Å². The lowest BCUT2D eigenvalue weighted by Crippen LogP contribution is -2.24. The molecule has 0 unspecified atom stereocenters. The highest BCUT2D eigenvalue weighted by Crippen LogP contribution is 2.10. The number of aliphatic carboxylic acids is 1. The number of carbonyl (C=O) groups is 2. The van der Waals surface area contributed by atoms with Crippen molar-refractivity contribution in [3.8, 4) is 0 Å². The number of hydrogen-bond acceptors (Lipinski definition) is 2. The minimum absolute atomic E-state index is 0.0211. The predicted molar refractivity (Wildman–Crippen MR) is 86.3 cm³/mol. The van der Waals surface area contributed by atoms with E-state index in [0.717, 1.165) is 13.0 Å². The quantitative estimate of drug-likeness (QED) is 0.444. The Bertz CT molecular complexity index is 267. The van der Waals surface area contributed by atoms with Crippen molar-refractivity contribution in [1.82, 2.24) is 5.32 Å². The number of carbonyl (C=O) groups excluding carboxylic acids is 1. The van der Waals surface area contributed by atoms with Crippen LogP contribution in [0.1, 0.15) is 90.4 Å². The first-order valence-corrected chi connectivity index (χ1v) is 8.65. The molecule has 0 atom stereocenters. The lowest BCUT2D eigenvalue weighted by Gasteiger charge is -2.05. The first-order chi connectivity index (χ1) is 10.2. The van der Waals surface area contributed by atoms with Gasteiger partial charge in [0.15, 0.2) is 0 Å². The minimum Gasteiger partial charge on any atom is -0.481 e. The first kappa shape index (κ1) is 19.9. The van der Waals surface area contributed by atoms with Crippen LogP contribution in [0.4, 0.5) is 0 Å². The van der Waals surface area contributed by atoms with Gasteiger partial charge in [0.25, 0.3) is 0 Å². The van der Waals surface area contributed by atoms with E-state index < -0.39 is 5.97 Å². The summed E-state index contributed by atoms with van der Waals surface area (Å²) in [5.74, 6) is -0.857. The predicted octanol–water partition coefficient (Wildman–Crippen LogP) is 4.28. The Morgan fingerprint density at radius 2 is 1.29 bits per heavy atom. The molecule has 124 valence electrons. The average molecular weight is 299 g/mol. The smallest absolute Gasteiger partial charge is 0.303 e. The maximum absolute atomic E-state index is 11.4. The Morgan fingerprint density at radius 1 is 0.762 bits per heavy atom. The highest BCUT2D eigenvalue weighted by molar-refractivity contribution is 5.76. The van der Waals surface area contributed by atoms with Crippen LogP contribution < -0.4 is 5.32 Å². The number of carboxylic acids is 1. The fraction of sp³-hybridized carbons (Fsp3) is 0.882. The second kappa shape index (κ2) is 15.3. The summed E-state index contributed by atoms with van der Waals surface area (Å²) in [6, 6.07) is 0. The van der Waals surface area contributed by atoms with Gasteiger partial charge >= 0.3 is 5.97 Å². The van der Waals surface area contributed by atoms with Gasteiger partial charge in [0, 0.05) is 19.4 Å². The Labute approximate surface area is 129 Å². The fourth-order valence-corrected chi connectivity index (χ4v) is 2.33. The van der Waals surface area contributed by atoms with Crippen LogP contribution in [0.15, 0.2) is 0 Å². The number of carboxylic acid groups (broad SMARTS) is 1. The SMILES string of the molecule is CCCCCCCCCCCCNC(=O)CCCC(=O)O. The molecular formula is C17H33NO3. The van der Waals surface area contributed by atoms with Crippen molar-refractivity contribution >= 4 is 11.9 Å². The van der Waals surface area contributed by atoms with E-state index in [9.17, 15) is 9.59 Å². The van der Waals surface area contributed by atoms with E-state index in [4.69, 9.17) is 5.11 Å². The van der Waals surface area contributed by atoms with Crippen LogP contribution in [0, 0.1) is 0 Å². The van der Waals surface area contributed by atoms with Crippen LogP contribution in [0.2, 0.25) is 0 Å². The van der Waals surface area contributed by atoms with Crippen LogP contribution in [-0.4, -0.2) is 23.5 Å². The number of amides is 1. The molecule has 0 bridgehead atoms. The summed E-state index contributed by atoms with van der Waals surface area (Å²) in [7, 11) is 0. The van der Waals surface area contributed by atoms with Crippen molar-refractivity contribution in [2.45, 2.75) is 90.4 Å². The lowest BCUT2D eigenvalue weighted by molar-refractivity contribution is -0.137. The molecular weight excluding hydrogens is 266 g/mol. The zero-order valence-corrected chi connectivity index (χ0v) is 13.7. The third-order valence-corrected chi connectivity index (χ3v) is 3.65. The zero-order chi connectivity index (χ0) is 15.8. The van der Waals surface area contributed by atoms with Gasteiger partial charge < -0.3 is 10.4 Å². The molecule has 4 heteroatoms. The van der Waals surface area contributed by atoms with Gasteiger partial charge in [-0.05, 0) is 12.8 Å². The van der Waals surface area contributed by atoms with E-state index in [1.807, 2.05) is 0 Å². The maximum atomic E-state index is 11.4. The summed E-state index contributed by atoms with van der Waals surface area (Å²) in [6.07, 6.45) is 13.7. The third kappa shape index (κ3) is 16.9. The molecule has 21 heavy (non-hydrogen) atoms. The standard InChI is InChI=1S/C17H33NO3/c1-2-3-4-5-6-7-8-9-10-11-15-18-16(19)13-12-14-17(20)21/h2-15H2,1H3,(H,18,19)(H,20,21). The van der Waals surface area contributed by atoms with Gasteiger partial charge in [-0.1, -0.05) is 64.7 Å². The zero-order valence-electron chi connectivity index (χ0n) is 13.7. The fourth-order valence-electron chi connectivity index (χ4n) is 2.33. The monoisotopic (exact) mass is 299 g/mol. The van der Waals surface area contributed by atoms with Crippen LogP contribution >= 0.6 is 0 Å². The van der Waals surface area contributed by atoms with Gasteiger partial charge in [0.1, 0.15) is 0 Å². The molecule has 2 N–H and O–H groups in total. The molecule has 0 rings (SSSR count). The van der Waals surface area contributed by atoms with E-state index in [1.165, 1.54) is 57.8 Å². The molecule has 1 amide bonds. The summed E-state index contributed by atoms with van der Waals surface area (Å²) < 4.78 is 0. The Morgan fingerprint density at radius 3 is 1.81 bits per heavy atom. The summed E-state index contributed by atoms with van der Waals surface area (Å²) in [6.45, 7) is 2.97. The summed E-state index contributed by atoms with van der Waals surface area (Å²) in [5, 5.41) is 11.3. The van der Waals surface area contributed by atoms with Gasteiger partial charge in [-0.25, -0.2) is 0 Å². The van der Waals surface area contributed by atoms with Gasteiger partial charge in [-0.2, -0.15) is 0 Å². The molecule has 0 aliphatic heterocycles. The van der Waals surface area contributed by atoms with Crippen molar-refractivity contribution in [2.24, 2.45) is 0 Å². The highest BCUT2D eigenvalue weighted by Gasteiger charge is 2.02. The molecule has 0 heterocycles. The van der Waals surface area contributed by atoms with Gasteiger partial charge in [-0.15, -0.1) is 0 Å². The van der Waals surface area contributed by atoms with Gasteiger partial charge in [0.2, 0.25) is 5.91 Å². The van der Waals surface area contributed by atoms with E-state index in [1.54, 1.807) is 0 Å². The van der Waals surface area contributed by atoms with Crippen molar-refractivity contribution in [2.75, 3.05) is 6.54 Å². The van der Waals surface area contributed by atoms with Crippen LogP contribution in [0.25, 0.3) is 0 Å². The molecule has 0 aromatic rings. The molecule has 0 saturated carbocycles. The number of rotatable bonds is 15. The first-order valence-electron chi connectivity index (χ1n) is 8.65.